The molecule has 8 nitrogen and oxygen atoms in total. The number of aromatic nitrogens is 2. The predicted octanol–water partition coefficient (Wildman–Crippen LogP) is 2.07. The summed E-state index contributed by atoms with van der Waals surface area (Å²) in [5, 5.41) is 22.9. The summed E-state index contributed by atoms with van der Waals surface area (Å²) >= 11 is 0. The van der Waals surface area contributed by atoms with Crippen LogP contribution in [0.4, 0.5) is 23.0 Å². The van der Waals surface area contributed by atoms with Gasteiger partial charge in [0.15, 0.2) is 0 Å². The summed E-state index contributed by atoms with van der Waals surface area (Å²) in [4.78, 5) is 20.1. The summed E-state index contributed by atoms with van der Waals surface area (Å²) in [5.74, 6) is 0.280. The number of nitriles is 1. The quantitative estimate of drug-likeness (QED) is 0.676. The molecule has 0 saturated carbocycles. The summed E-state index contributed by atoms with van der Waals surface area (Å²) in [6, 6.07) is 8.76. The molecule has 0 spiro atoms. The number of benzene rings is 1. The van der Waals surface area contributed by atoms with Gasteiger partial charge in [0.25, 0.3) is 0 Å². The molecule has 1 aromatic heterocycles. The average molecular weight is 284 g/mol. The zero-order valence-corrected chi connectivity index (χ0v) is 11.4. The van der Waals surface area contributed by atoms with Gasteiger partial charge in [-0.25, -0.2) is 9.97 Å². The van der Waals surface area contributed by atoms with Crippen molar-refractivity contribution in [1.29, 1.82) is 5.26 Å². The van der Waals surface area contributed by atoms with E-state index in [1.54, 1.807) is 43.3 Å². The Hall–Kier alpha value is -3.21. The van der Waals surface area contributed by atoms with Crippen LogP contribution in [0.1, 0.15) is 5.56 Å². The first-order chi connectivity index (χ1) is 10.1. The molecule has 0 bridgehead atoms. The first kappa shape index (κ1) is 14.2. The van der Waals surface area contributed by atoms with E-state index >= 15 is 0 Å². The third-order valence-electron chi connectivity index (χ3n) is 2.90. The largest absolute Gasteiger partial charge is 0.367 e. The molecule has 0 fully saturated rings. The van der Waals surface area contributed by atoms with E-state index in [4.69, 9.17) is 5.26 Å². The molecular formula is C13H12N6O2. The van der Waals surface area contributed by atoms with E-state index in [1.165, 1.54) is 6.33 Å². The number of hydrogen-bond donors (Lipinski definition) is 1. The van der Waals surface area contributed by atoms with Crippen molar-refractivity contribution in [3.8, 4) is 6.07 Å². The van der Waals surface area contributed by atoms with Crippen molar-refractivity contribution in [1.82, 2.24) is 9.97 Å². The monoisotopic (exact) mass is 284 g/mol. The molecule has 8 heteroatoms. The lowest BCUT2D eigenvalue weighted by atomic mass is 10.2. The molecule has 0 aliphatic carbocycles. The second kappa shape index (κ2) is 5.83. The number of anilines is 3. The number of nitrogens with one attached hydrogen (secondary N) is 1. The zero-order valence-electron chi connectivity index (χ0n) is 11.4. The van der Waals surface area contributed by atoms with E-state index in [2.05, 4.69) is 15.3 Å². The van der Waals surface area contributed by atoms with Crippen LogP contribution in [0.15, 0.2) is 30.6 Å². The highest BCUT2D eigenvalue weighted by molar-refractivity contribution is 5.75. The number of nitro groups is 1. The van der Waals surface area contributed by atoms with E-state index in [1.807, 2.05) is 6.07 Å². The fourth-order valence-electron chi connectivity index (χ4n) is 1.87. The molecule has 0 aliphatic rings. The lowest BCUT2D eigenvalue weighted by Gasteiger charge is -2.18. The van der Waals surface area contributed by atoms with Crippen molar-refractivity contribution in [2.45, 2.75) is 0 Å². The van der Waals surface area contributed by atoms with E-state index in [0.29, 0.717) is 11.3 Å². The second-order valence-corrected chi connectivity index (χ2v) is 4.12. The molecule has 2 rings (SSSR count). The fraction of sp³-hybridized carbons (Fsp3) is 0.154. The number of rotatable bonds is 4. The Bertz CT molecular complexity index is 725. The fourth-order valence-corrected chi connectivity index (χ4v) is 1.87. The molecule has 21 heavy (non-hydrogen) atoms. The van der Waals surface area contributed by atoms with Crippen molar-refractivity contribution >= 4 is 23.0 Å². The highest BCUT2D eigenvalue weighted by Crippen LogP contribution is 2.34. The van der Waals surface area contributed by atoms with Gasteiger partial charge in [0.1, 0.15) is 6.33 Å². The Morgan fingerprint density at radius 2 is 2.19 bits per heavy atom. The van der Waals surface area contributed by atoms with Gasteiger partial charge < -0.3 is 10.2 Å². The molecule has 2 aromatic rings. The minimum absolute atomic E-state index is 0.133. The average Bonchev–Trinajstić information content (AvgIpc) is 2.53. The van der Waals surface area contributed by atoms with Crippen molar-refractivity contribution < 1.29 is 4.92 Å². The van der Waals surface area contributed by atoms with Gasteiger partial charge in [-0.2, -0.15) is 5.26 Å². The minimum Gasteiger partial charge on any atom is -0.367 e. The number of hydrogen-bond acceptors (Lipinski definition) is 7. The maximum atomic E-state index is 11.3. The molecule has 0 amide bonds. The van der Waals surface area contributed by atoms with Crippen LogP contribution < -0.4 is 10.2 Å². The second-order valence-electron chi connectivity index (χ2n) is 4.12. The van der Waals surface area contributed by atoms with E-state index in [0.717, 1.165) is 0 Å². The zero-order chi connectivity index (χ0) is 15.4. The van der Waals surface area contributed by atoms with Crippen LogP contribution in [0, 0.1) is 21.4 Å². The van der Waals surface area contributed by atoms with Gasteiger partial charge in [-0.05, 0) is 18.2 Å². The molecule has 1 aromatic carbocycles. The first-order valence-electron chi connectivity index (χ1n) is 5.99. The van der Waals surface area contributed by atoms with E-state index < -0.39 is 4.92 Å². The van der Waals surface area contributed by atoms with Gasteiger partial charge in [-0.15, -0.1) is 0 Å². The molecule has 1 N–H and O–H groups in total. The van der Waals surface area contributed by atoms with Crippen LogP contribution >= 0.6 is 0 Å². The third-order valence-corrected chi connectivity index (χ3v) is 2.90. The van der Waals surface area contributed by atoms with Crippen LogP contribution in [-0.4, -0.2) is 29.0 Å². The van der Waals surface area contributed by atoms with Gasteiger partial charge in [0.2, 0.25) is 11.6 Å². The normalized spacial score (nSPS) is 9.76. The Balaban J connectivity index is 2.55. The van der Waals surface area contributed by atoms with Gasteiger partial charge in [0, 0.05) is 19.8 Å². The van der Waals surface area contributed by atoms with Crippen molar-refractivity contribution in [2.24, 2.45) is 0 Å². The summed E-state index contributed by atoms with van der Waals surface area (Å²) in [5.41, 5.74) is 0.868. The van der Waals surface area contributed by atoms with E-state index in [9.17, 15) is 10.1 Å². The molecule has 0 saturated heterocycles. The van der Waals surface area contributed by atoms with E-state index in [-0.39, 0.29) is 17.3 Å². The molecule has 0 aliphatic heterocycles. The standard InChI is InChI=1S/C13H12N6O2/c1-15-12-11(19(20)21)13(17-8-16-12)18(2)10-5-3-4-9(6-10)7-14/h3-6,8H,1-2H3,(H,15,16,17). The summed E-state index contributed by atoms with van der Waals surface area (Å²) < 4.78 is 0. The Morgan fingerprint density at radius 3 is 2.81 bits per heavy atom. The van der Waals surface area contributed by atoms with Crippen LogP contribution in [0.2, 0.25) is 0 Å². The molecule has 0 radical (unpaired) electrons. The van der Waals surface area contributed by atoms with Crippen molar-refractivity contribution in [3.05, 3.63) is 46.3 Å². The molecule has 1 heterocycles. The maximum Gasteiger partial charge on any atom is 0.353 e. The van der Waals surface area contributed by atoms with Gasteiger partial charge in [0.05, 0.1) is 16.6 Å². The Kier molecular flexibility index (Phi) is 3.95. The number of nitrogens with zero attached hydrogens (tertiary/aromatic N) is 5. The lowest BCUT2D eigenvalue weighted by molar-refractivity contribution is -0.383. The SMILES string of the molecule is CNc1ncnc(N(C)c2cccc(C#N)c2)c1[N+](=O)[O-]. The topological polar surface area (TPSA) is 108 Å². The molecular weight excluding hydrogens is 272 g/mol. The van der Waals surface area contributed by atoms with Crippen LogP contribution in [0.5, 0.6) is 0 Å². The van der Waals surface area contributed by atoms with Crippen molar-refractivity contribution in [3.63, 3.8) is 0 Å². The highest BCUT2D eigenvalue weighted by Gasteiger charge is 2.25. The lowest BCUT2D eigenvalue weighted by Crippen LogP contribution is -2.15. The summed E-state index contributed by atoms with van der Waals surface area (Å²) in [6.07, 6.45) is 1.25. The summed E-state index contributed by atoms with van der Waals surface area (Å²) in [6.45, 7) is 0. The summed E-state index contributed by atoms with van der Waals surface area (Å²) in [7, 11) is 3.20. The van der Waals surface area contributed by atoms with Gasteiger partial charge in [-0.3, -0.25) is 10.1 Å². The highest BCUT2D eigenvalue weighted by atomic mass is 16.6. The van der Waals surface area contributed by atoms with Crippen molar-refractivity contribution in [2.75, 3.05) is 24.3 Å². The third kappa shape index (κ3) is 2.71. The smallest absolute Gasteiger partial charge is 0.353 e. The molecule has 106 valence electrons. The molecule has 0 unspecified atom stereocenters. The first-order valence-corrected chi connectivity index (χ1v) is 5.99. The Labute approximate surface area is 120 Å². The van der Waals surface area contributed by atoms with Crippen LogP contribution in [-0.2, 0) is 0 Å². The van der Waals surface area contributed by atoms with Gasteiger partial charge >= 0.3 is 5.69 Å². The van der Waals surface area contributed by atoms with Crippen LogP contribution in [0.3, 0.4) is 0 Å². The van der Waals surface area contributed by atoms with Crippen LogP contribution in [0.25, 0.3) is 0 Å². The minimum atomic E-state index is -0.536. The Morgan fingerprint density at radius 1 is 1.43 bits per heavy atom. The van der Waals surface area contributed by atoms with Gasteiger partial charge in [-0.1, -0.05) is 6.07 Å². The molecule has 0 atom stereocenters. The predicted molar refractivity (Wildman–Crippen MR) is 77.5 cm³/mol. The maximum absolute atomic E-state index is 11.3.